The number of sulfonamides is 1. The molecule has 0 saturated heterocycles. The van der Waals surface area contributed by atoms with Gasteiger partial charge < -0.3 is 5.11 Å². The average molecular weight is 273 g/mol. The largest absolute Gasteiger partial charge is 0.480 e. The summed E-state index contributed by atoms with van der Waals surface area (Å²) in [5.74, 6) is -1.15. The van der Waals surface area contributed by atoms with Gasteiger partial charge in [0.15, 0.2) is 5.03 Å². The lowest BCUT2D eigenvalue weighted by molar-refractivity contribution is -0.137. The molecule has 18 heavy (non-hydrogen) atoms. The summed E-state index contributed by atoms with van der Waals surface area (Å²) in [7, 11) is -2.27. The molecule has 2 rings (SSSR count). The van der Waals surface area contributed by atoms with Gasteiger partial charge in [0.2, 0.25) is 0 Å². The highest BCUT2D eigenvalue weighted by atomic mass is 32.2. The molecule has 0 unspecified atom stereocenters. The summed E-state index contributed by atoms with van der Waals surface area (Å²) in [5, 5.41) is 12.7. The lowest BCUT2D eigenvalue weighted by Gasteiger charge is -2.35. The van der Waals surface area contributed by atoms with E-state index in [0.29, 0.717) is 12.8 Å². The monoisotopic (exact) mass is 273 g/mol. The molecule has 1 N–H and O–H groups in total. The maximum absolute atomic E-state index is 12.4. The number of aromatic nitrogens is 2. The summed E-state index contributed by atoms with van der Waals surface area (Å²) in [6, 6.07) is 1.17. The first kappa shape index (κ1) is 13.0. The number of carbonyl (C=O) groups is 1. The molecule has 1 aromatic rings. The molecule has 0 atom stereocenters. The molecule has 1 aromatic heterocycles. The van der Waals surface area contributed by atoms with Crippen LogP contribution in [0.4, 0.5) is 0 Å². The third kappa shape index (κ3) is 2.25. The van der Waals surface area contributed by atoms with Crippen molar-refractivity contribution in [1.29, 1.82) is 0 Å². The number of aliphatic carboxylic acids is 1. The van der Waals surface area contributed by atoms with E-state index in [-0.39, 0.29) is 11.1 Å². The molecule has 100 valence electrons. The normalized spacial score (nSPS) is 16.8. The molecule has 7 nitrogen and oxygen atoms in total. The SMILES string of the molecule is Cn1nccc1S(=O)(=O)N(CC(=O)O)C1CCC1. The van der Waals surface area contributed by atoms with Crippen molar-refractivity contribution < 1.29 is 18.3 Å². The van der Waals surface area contributed by atoms with Gasteiger partial charge in [-0.3, -0.25) is 9.48 Å². The Morgan fingerprint density at radius 1 is 1.61 bits per heavy atom. The standard InChI is InChI=1S/C10H15N3O4S/c1-12-9(5-6-11-12)18(16,17)13(7-10(14)15)8-3-2-4-8/h5-6,8H,2-4,7H2,1H3,(H,14,15). The second-order valence-corrected chi connectivity index (χ2v) is 6.16. The van der Waals surface area contributed by atoms with Gasteiger partial charge in [0.25, 0.3) is 10.0 Å². The Morgan fingerprint density at radius 2 is 2.28 bits per heavy atom. The van der Waals surface area contributed by atoms with Crippen molar-refractivity contribution in [3.8, 4) is 0 Å². The maximum atomic E-state index is 12.4. The van der Waals surface area contributed by atoms with Crippen LogP contribution in [0.15, 0.2) is 17.3 Å². The zero-order valence-corrected chi connectivity index (χ0v) is 10.8. The first-order valence-electron chi connectivity index (χ1n) is 5.64. The molecular formula is C10H15N3O4S. The highest BCUT2D eigenvalue weighted by Gasteiger charge is 2.37. The zero-order valence-electron chi connectivity index (χ0n) is 9.98. The van der Waals surface area contributed by atoms with Crippen molar-refractivity contribution in [2.45, 2.75) is 30.3 Å². The molecule has 0 amide bonds. The van der Waals surface area contributed by atoms with E-state index in [4.69, 9.17) is 5.11 Å². The van der Waals surface area contributed by atoms with E-state index in [1.54, 1.807) is 0 Å². The molecule has 0 bridgehead atoms. The molecule has 1 aliphatic rings. The molecule has 1 saturated carbocycles. The van der Waals surface area contributed by atoms with Gasteiger partial charge in [0, 0.05) is 13.1 Å². The number of nitrogens with zero attached hydrogens (tertiary/aromatic N) is 3. The highest BCUT2D eigenvalue weighted by Crippen LogP contribution is 2.29. The summed E-state index contributed by atoms with van der Waals surface area (Å²) in [4.78, 5) is 10.8. The number of rotatable bonds is 5. The first-order chi connectivity index (χ1) is 8.43. The van der Waals surface area contributed by atoms with Gasteiger partial charge in [-0.1, -0.05) is 6.42 Å². The molecule has 1 aliphatic carbocycles. The van der Waals surface area contributed by atoms with Gasteiger partial charge in [-0.25, -0.2) is 8.42 Å². The highest BCUT2D eigenvalue weighted by molar-refractivity contribution is 7.89. The van der Waals surface area contributed by atoms with E-state index < -0.39 is 22.5 Å². The van der Waals surface area contributed by atoms with Crippen molar-refractivity contribution in [3.63, 3.8) is 0 Å². The van der Waals surface area contributed by atoms with Crippen LogP contribution in [0.5, 0.6) is 0 Å². The number of carboxylic acid groups (broad SMARTS) is 1. The Balaban J connectivity index is 2.34. The molecule has 0 aliphatic heterocycles. The Morgan fingerprint density at radius 3 is 2.67 bits per heavy atom. The fourth-order valence-corrected chi connectivity index (χ4v) is 3.69. The third-order valence-corrected chi connectivity index (χ3v) is 5.10. The molecule has 0 aromatic carbocycles. The van der Waals surface area contributed by atoms with E-state index in [1.165, 1.54) is 24.0 Å². The van der Waals surface area contributed by atoms with Crippen LogP contribution in [-0.4, -0.2) is 46.2 Å². The summed E-state index contributed by atoms with van der Waals surface area (Å²) in [6.07, 6.45) is 3.74. The van der Waals surface area contributed by atoms with Crippen LogP contribution in [0.3, 0.4) is 0 Å². The summed E-state index contributed by atoms with van der Waals surface area (Å²) in [5.41, 5.74) is 0. The smallest absolute Gasteiger partial charge is 0.318 e. The zero-order chi connectivity index (χ0) is 13.3. The van der Waals surface area contributed by atoms with Crippen LogP contribution in [-0.2, 0) is 21.9 Å². The quantitative estimate of drug-likeness (QED) is 0.818. The van der Waals surface area contributed by atoms with Crippen molar-refractivity contribution >= 4 is 16.0 Å². The van der Waals surface area contributed by atoms with Crippen LogP contribution < -0.4 is 0 Å². The number of aryl methyl sites for hydroxylation is 1. The van der Waals surface area contributed by atoms with E-state index in [9.17, 15) is 13.2 Å². The Hall–Kier alpha value is -1.41. The molecular weight excluding hydrogens is 258 g/mol. The molecule has 0 spiro atoms. The van der Waals surface area contributed by atoms with E-state index in [1.807, 2.05) is 0 Å². The van der Waals surface area contributed by atoms with Crippen LogP contribution in [0.1, 0.15) is 19.3 Å². The van der Waals surface area contributed by atoms with Crippen LogP contribution >= 0.6 is 0 Å². The second kappa shape index (κ2) is 4.69. The van der Waals surface area contributed by atoms with Crippen LogP contribution in [0.2, 0.25) is 0 Å². The second-order valence-electron chi connectivity index (χ2n) is 4.32. The molecule has 0 radical (unpaired) electrons. The van der Waals surface area contributed by atoms with E-state index in [0.717, 1.165) is 10.7 Å². The van der Waals surface area contributed by atoms with Gasteiger partial charge in [-0.15, -0.1) is 0 Å². The Labute approximate surface area is 105 Å². The van der Waals surface area contributed by atoms with Gasteiger partial charge in [0.05, 0.1) is 6.20 Å². The van der Waals surface area contributed by atoms with Crippen molar-refractivity contribution in [2.75, 3.05) is 6.54 Å². The molecule has 8 heteroatoms. The summed E-state index contributed by atoms with van der Waals surface area (Å²) < 4.78 is 27.1. The third-order valence-electron chi connectivity index (χ3n) is 3.12. The molecule has 1 heterocycles. The number of hydrogen-bond acceptors (Lipinski definition) is 4. The summed E-state index contributed by atoms with van der Waals surface area (Å²) in [6.45, 7) is -0.502. The van der Waals surface area contributed by atoms with E-state index in [2.05, 4.69) is 5.10 Å². The van der Waals surface area contributed by atoms with Crippen LogP contribution in [0, 0.1) is 0 Å². The average Bonchev–Trinajstić information content (AvgIpc) is 2.60. The van der Waals surface area contributed by atoms with Crippen molar-refractivity contribution in [2.24, 2.45) is 7.05 Å². The van der Waals surface area contributed by atoms with Gasteiger partial charge in [-0.05, 0) is 18.9 Å². The lowest BCUT2D eigenvalue weighted by atomic mass is 9.93. The van der Waals surface area contributed by atoms with Gasteiger partial charge in [0.1, 0.15) is 6.54 Å². The van der Waals surface area contributed by atoms with Crippen molar-refractivity contribution in [3.05, 3.63) is 12.3 Å². The fourth-order valence-electron chi connectivity index (χ4n) is 1.95. The topological polar surface area (TPSA) is 92.5 Å². The molecule has 1 fully saturated rings. The predicted octanol–water partition coefficient (Wildman–Crippen LogP) is 0.0479. The minimum absolute atomic E-state index is 0.0237. The predicted molar refractivity (Wildman–Crippen MR) is 62.4 cm³/mol. The van der Waals surface area contributed by atoms with E-state index >= 15 is 0 Å². The summed E-state index contributed by atoms with van der Waals surface area (Å²) >= 11 is 0. The minimum atomic E-state index is -3.79. The first-order valence-corrected chi connectivity index (χ1v) is 7.08. The number of carboxylic acids is 1. The van der Waals surface area contributed by atoms with Crippen LogP contribution in [0.25, 0.3) is 0 Å². The number of hydrogen-bond donors (Lipinski definition) is 1. The maximum Gasteiger partial charge on any atom is 0.318 e. The lowest BCUT2D eigenvalue weighted by Crippen LogP contribution is -2.47. The van der Waals surface area contributed by atoms with Gasteiger partial charge >= 0.3 is 5.97 Å². The Kier molecular flexibility index (Phi) is 3.40. The Bertz CT molecular complexity index is 547. The fraction of sp³-hybridized carbons (Fsp3) is 0.600. The van der Waals surface area contributed by atoms with Gasteiger partial charge in [-0.2, -0.15) is 9.40 Å². The van der Waals surface area contributed by atoms with Crippen molar-refractivity contribution in [1.82, 2.24) is 14.1 Å². The minimum Gasteiger partial charge on any atom is -0.480 e.